The number of aromatic nitrogens is 3. The molecule has 41 heavy (non-hydrogen) atoms. The number of anilines is 1. The molecular weight excluding hydrogens is 574 g/mol. The molecule has 0 amide bonds. The first-order valence-corrected chi connectivity index (χ1v) is 14.3. The number of nitrogens with zero attached hydrogens (tertiary/aromatic N) is 4. The monoisotopic (exact) mass is 598 g/mol. The van der Waals surface area contributed by atoms with Gasteiger partial charge >= 0.3 is 12.0 Å². The van der Waals surface area contributed by atoms with E-state index in [4.69, 9.17) is 42.0 Å². The lowest BCUT2D eigenvalue weighted by Crippen LogP contribution is -2.45. The lowest BCUT2D eigenvalue weighted by molar-refractivity contribution is 0.0139. The van der Waals surface area contributed by atoms with E-state index in [9.17, 15) is 9.18 Å². The van der Waals surface area contributed by atoms with Gasteiger partial charge in [-0.1, -0.05) is 39.5 Å². The summed E-state index contributed by atoms with van der Waals surface area (Å²) in [7, 11) is 0. The topological polar surface area (TPSA) is 115 Å². The molecule has 4 aromatic rings. The highest BCUT2D eigenvalue weighted by atomic mass is 35.5. The molecule has 0 radical (unpaired) electrons. The van der Waals surface area contributed by atoms with Crippen LogP contribution in [0.25, 0.3) is 22.7 Å². The maximum Gasteiger partial charge on any atom is 0.335 e. The summed E-state index contributed by atoms with van der Waals surface area (Å²) in [5.74, 6) is -0.741. The van der Waals surface area contributed by atoms with Gasteiger partial charge in [-0.3, -0.25) is 0 Å². The summed E-state index contributed by atoms with van der Waals surface area (Å²) in [6.45, 7) is 0.340. The molecule has 1 N–H and O–H groups in total. The van der Waals surface area contributed by atoms with Crippen LogP contribution >= 0.6 is 23.2 Å². The molecule has 4 heterocycles. The molecule has 12 heteroatoms. The lowest BCUT2D eigenvalue weighted by atomic mass is 10.00. The zero-order valence-electron chi connectivity index (χ0n) is 21.7. The van der Waals surface area contributed by atoms with Gasteiger partial charge in [0.05, 0.1) is 33.9 Å². The number of benzene rings is 2. The minimum Gasteiger partial charge on any atom is -0.478 e. The van der Waals surface area contributed by atoms with Crippen molar-refractivity contribution in [2.24, 2.45) is 0 Å². The van der Waals surface area contributed by atoms with E-state index in [1.165, 1.54) is 12.1 Å². The van der Waals surface area contributed by atoms with Crippen molar-refractivity contribution in [3.63, 3.8) is 0 Å². The van der Waals surface area contributed by atoms with Crippen LogP contribution in [0.5, 0.6) is 0 Å². The number of halogens is 3. The summed E-state index contributed by atoms with van der Waals surface area (Å²) >= 11 is 13.0. The molecule has 3 aliphatic rings. The number of piperidine rings is 1. The average Bonchev–Trinajstić information content (AvgIpc) is 3.42. The van der Waals surface area contributed by atoms with E-state index in [0.29, 0.717) is 39.8 Å². The Labute approximate surface area is 244 Å². The van der Waals surface area contributed by atoms with Crippen LogP contribution in [0.15, 0.2) is 45.3 Å². The molecule has 0 unspecified atom stereocenters. The Morgan fingerprint density at radius 3 is 2.46 bits per heavy atom. The highest BCUT2D eigenvalue weighted by molar-refractivity contribution is 6.39. The van der Waals surface area contributed by atoms with Gasteiger partial charge in [-0.2, -0.15) is 0 Å². The van der Waals surface area contributed by atoms with Gasteiger partial charge in [-0.05, 0) is 68.9 Å². The number of carboxylic acid groups (broad SMARTS) is 1. The second kappa shape index (κ2) is 10.4. The van der Waals surface area contributed by atoms with Crippen LogP contribution in [0, 0.1) is 5.82 Å². The van der Waals surface area contributed by atoms with Gasteiger partial charge in [0.25, 0.3) is 5.89 Å². The van der Waals surface area contributed by atoms with Gasteiger partial charge in [-0.15, -0.1) is 5.10 Å². The van der Waals surface area contributed by atoms with Crippen molar-refractivity contribution < 1.29 is 28.0 Å². The Balaban J connectivity index is 1.07. The second-order valence-electron chi connectivity index (χ2n) is 10.8. The van der Waals surface area contributed by atoms with Gasteiger partial charge in [0.2, 0.25) is 0 Å². The average molecular weight is 599 g/mol. The van der Waals surface area contributed by atoms with Gasteiger partial charge in [0, 0.05) is 29.1 Å². The number of carboxylic acids is 1. The molecule has 2 aliphatic heterocycles. The van der Waals surface area contributed by atoms with Gasteiger partial charge in [0.1, 0.15) is 17.3 Å². The second-order valence-corrected chi connectivity index (χ2v) is 11.6. The first-order chi connectivity index (χ1) is 19.9. The molecule has 2 aromatic heterocycles. The molecule has 2 aromatic carbocycles. The molecule has 3 atom stereocenters. The quantitative estimate of drug-likeness (QED) is 0.226. The van der Waals surface area contributed by atoms with Crippen molar-refractivity contribution in [2.45, 2.75) is 69.2 Å². The maximum atomic E-state index is 14.6. The van der Waals surface area contributed by atoms with Crippen molar-refractivity contribution in [3.05, 3.63) is 69.1 Å². The third-order valence-electron chi connectivity index (χ3n) is 8.20. The SMILES string of the molecule is O=C(O)c1ccc(-c2nnc(N3[C@@H]4CC[C@H]3C[C@@H](OCc3c(-c5c(Cl)cccc5Cl)noc3C3CC3)C4)o2)c(F)c1. The first-order valence-electron chi connectivity index (χ1n) is 13.6. The van der Waals surface area contributed by atoms with Crippen LogP contribution in [-0.2, 0) is 11.3 Å². The zero-order valence-corrected chi connectivity index (χ0v) is 23.2. The Hall–Kier alpha value is -3.47. The molecule has 9 nitrogen and oxygen atoms in total. The van der Waals surface area contributed by atoms with Crippen LogP contribution in [-0.4, -0.2) is 44.6 Å². The van der Waals surface area contributed by atoms with Crippen molar-refractivity contribution in [1.29, 1.82) is 0 Å². The number of hydrogen-bond donors (Lipinski definition) is 1. The number of carbonyl (C=O) groups is 1. The largest absolute Gasteiger partial charge is 0.478 e. The summed E-state index contributed by atoms with van der Waals surface area (Å²) in [6.07, 6.45) is 5.55. The van der Waals surface area contributed by atoms with Gasteiger partial charge < -0.3 is 23.7 Å². The third kappa shape index (κ3) is 4.87. The van der Waals surface area contributed by atoms with Crippen molar-refractivity contribution in [3.8, 4) is 22.7 Å². The minimum absolute atomic E-state index is 0.00340. The van der Waals surface area contributed by atoms with E-state index in [1.54, 1.807) is 18.2 Å². The number of hydrogen-bond acceptors (Lipinski definition) is 8. The van der Waals surface area contributed by atoms with E-state index in [1.807, 2.05) is 0 Å². The highest BCUT2D eigenvalue weighted by Crippen LogP contribution is 2.47. The predicted octanol–water partition coefficient (Wildman–Crippen LogP) is 7.13. The molecule has 1 aliphatic carbocycles. The molecule has 2 saturated heterocycles. The lowest BCUT2D eigenvalue weighted by Gasteiger charge is -2.37. The first kappa shape index (κ1) is 26.4. The predicted molar refractivity (Wildman–Crippen MR) is 148 cm³/mol. The third-order valence-corrected chi connectivity index (χ3v) is 8.83. The molecular formula is C29H25Cl2FN4O5. The maximum absolute atomic E-state index is 14.6. The van der Waals surface area contributed by atoms with Crippen molar-refractivity contribution in [2.75, 3.05) is 4.90 Å². The van der Waals surface area contributed by atoms with E-state index < -0.39 is 11.8 Å². The van der Waals surface area contributed by atoms with Crippen LogP contribution < -0.4 is 4.90 Å². The van der Waals surface area contributed by atoms with Crippen LogP contribution in [0.2, 0.25) is 10.0 Å². The van der Waals surface area contributed by atoms with E-state index >= 15 is 0 Å². The van der Waals surface area contributed by atoms with Crippen molar-refractivity contribution >= 4 is 35.2 Å². The number of fused-ring (bicyclic) bond motifs is 2. The molecule has 3 fully saturated rings. The van der Waals surface area contributed by atoms with Crippen molar-refractivity contribution in [1.82, 2.24) is 15.4 Å². The Morgan fingerprint density at radius 2 is 1.80 bits per heavy atom. The summed E-state index contributed by atoms with van der Waals surface area (Å²) in [4.78, 5) is 13.2. The van der Waals surface area contributed by atoms with Gasteiger partial charge in [0.15, 0.2) is 0 Å². The fourth-order valence-electron chi connectivity index (χ4n) is 6.08. The van der Waals surface area contributed by atoms with Gasteiger partial charge in [-0.25, -0.2) is 9.18 Å². The summed E-state index contributed by atoms with van der Waals surface area (Å²) in [6, 6.07) is 9.57. The number of ether oxygens (including phenoxy) is 1. The number of aromatic carboxylic acids is 1. The van der Waals surface area contributed by atoms with Crippen LogP contribution in [0.4, 0.5) is 10.4 Å². The number of rotatable bonds is 8. The molecule has 7 rings (SSSR count). The Kier molecular flexibility index (Phi) is 6.72. The minimum atomic E-state index is -1.21. The van der Waals surface area contributed by atoms with E-state index in [0.717, 1.165) is 55.9 Å². The smallest absolute Gasteiger partial charge is 0.335 e. The standard InChI is InChI=1S/C29H25Cl2FN4O5/c30-21-2-1-3-22(31)24(21)25-20(26(41-35-25)14-4-5-14)13-39-18-11-16-7-8-17(12-18)36(16)29-34-33-27(40-29)19-9-6-15(28(37)38)10-23(19)32/h1-3,6,9-10,14,16-18H,4-5,7-8,11-13H2,(H,37,38)/t16-,17+,18+. The van der Waals surface area contributed by atoms with Crippen LogP contribution in [0.3, 0.4) is 0 Å². The Morgan fingerprint density at radius 1 is 1.07 bits per heavy atom. The molecule has 2 bridgehead atoms. The van der Waals surface area contributed by atoms with E-state index in [-0.39, 0.29) is 35.2 Å². The molecule has 0 spiro atoms. The summed E-state index contributed by atoms with van der Waals surface area (Å²) in [5.41, 5.74) is 2.10. The summed E-state index contributed by atoms with van der Waals surface area (Å²) < 4.78 is 32.7. The fraction of sp³-hybridized carbons (Fsp3) is 0.379. The summed E-state index contributed by atoms with van der Waals surface area (Å²) in [5, 5.41) is 22.7. The van der Waals surface area contributed by atoms with Crippen LogP contribution in [0.1, 0.15) is 66.1 Å². The zero-order chi connectivity index (χ0) is 28.2. The normalized spacial score (nSPS) is 21.9. The Bertz CT molecular complexity index is 1600. The molecule has 1 saturated carbocycles. The fourth-order valence-corrected chi connectivity index (χ4v) is 6.65. The molecule has 212 valence electrons. The van der Waals surface area contributed by atoms with E-state index in [2.05, 4.69) is 20.3 Å². The highest BCUT2D eigenvalue weighted by Gasteiger charge is 2.44.